The predicted octanol–water partition coefficient (Wildman–Crippen LogP) is 6.97. The average molecular weight is 999 g/mol. The molecule has 2 atom stereocenters. The van der Waals surface area contributed by atoms with Gasteiger partial charge in [0.15, 0.2) is 17.2 Å². The molecule has 2 aliphatic heterocycles. The lowest BCUT2D eigenvalue weighted by Crippen LogP contribution is -2.55. The standard InChI is InChI=1S/C48H48ClN7O11S2/c1-48(2)24-34(51-32-12-6-9-29(22-32)43-41(49)42(67-25-40(59)60)44(68-43)46(62)63)17-18-55(48)69(65,66)26-28-8-5-11-31(20-28)52-39(58)21-27-7-4-10-30(19-27)50-33-13-14-35-37(23-33)54(3)47(64)56(35)36-15-16-38(57)53-45(36)61/h4-14,19-20,22-23,34,36,50-51H,15-18,21,24-26H2,1-3H3,(H,52,58)(H,59,60)(H,62,63)(H,53,57,61)/t34-,36?/m0/s1. The Hall–Kier alpha value is -7.00. The van der Waals surface area contributed by atoms with Gasteiger partial charge in [-0.3, -0.25) is 28.8 Å². The molecule has 18 nitrogen and oxygen atoms in total. The number of piperidine rings is 2. The highest BCUT2D eigenvalue weighted by Gasteiger charge is 2.41. The molecule has 6 N–H and O–H groups in total. The van der Waals surface area contributed by atoms with Gasteiger partial charge in [-0.15, -0.1) is 11.3 Å². The Balaban J connectivity index is 0.871. The molecule has 2 aromatic heterocycles. The van der Waals surface area contributed by atoms with E-state index in [1.165, 1.54) is 13.4 Å². The summed E-state index contributed by atoms with van der Waals surface area (Å²) in [6, 6.07) is 25.6. The van der Waals surface area contributed by atoms with Gasteiger partial charge < -0.3 is 30.9 Å². The lowest BCUT2D eigenvalue weighted by Gasteiger charge is -2.45. The van der Waals surface area contributed by atoms with E-state index < -0.39 is 46.1 Å². The van der Waals surface area contributed by atoms with Crippen LogP contribution in [0.1, 0.15) is 66.4 Å². The van der Waals surface area contributed by atoms with Crippen molar-refractivity contribution in [2.24, 2.45) is 7.05 Å². The number of rotatable bonds is 16. The lowest BCUT2D eigenvalue weighted by atomic mass is 9.89. The first-order valence-electron chi connectivity index (χ1n) is 21.8. The second-order valence-electron chi connectivity index (χ2n) is 17.6. The summed E-state index contributed by atoms with van der Waals surface area (Å²) in [4.78, 5) is 74.0. The first kappa shape index (κ1) is 48.5. The molecule has 6 aromatic rings. The molecule has 2 saturated heterocycles. The van der Waals surface area contributed by atoms with Crippen LogP contribution in [-0.4, -0.2) is 86.5 Å². The Morgan fingerprint density at radius 1 is 0.884 bits per heavy atom. The van der Waals surface area contributed by atoms with Gasteiger partial charge in [0, 0.05) is 54.3 Å². The van der Waals surface area contributed by atoms with E-state index in [1.54, 1.807) is 67.7 Å². The quantitative estimate of drug-likeness (QED) is 0.0537. The van der Waals surface area contributed by atoms with Crippen molar-refractivity contribution in [1.29, 1.82) is 0 Å². The highest BCUT2D eigenvalue weighted by atomic mass is 35.5. The van der Waals surface area contributed by atoms with Crippen LogP contribution < -0.4 is 31.7 Å². The molecule has 0 spiro atoms. The van der Waals surface area contributed by atoms with Gasteiger partial charge in [-0.25, -0.2) is 22.8 Å². The van der Waals surface area contributed by atoms with Crippen LogP contribution in [0.5, 0.6) is 5.75 Å². The van der Waals surface area contributed by atoms with Gasteiger partial charge in [-0.2, -0.15) is 4.31 Å². The number of halogens is 1. The normalized spacial score (nSPS) is 17.3. The summed E-state index contributed by atoms with van der Waals surface area (Å²) >= 11 is 7.39. The predicted molar refractivity (Wildman–Crippen MR) is 262 cm³/mol. The summed E-state index contributed by atoms with van der Waals surface area (Å²) in [5, 5.41) is 30.8. The van der Waals surface area contributed by atoms with Crippen molar-refractivity contribution in [2.75, 3.05) is 29.1 Å². The summed E-state index contributed by atoms with van der Waals surface area (Å²) in [6.07, 6.45) is 1.36. The maximum Gasteiger partial charge on any atom is 0.349 e. The van der Waals surface area contributed by atoms with Crippen molar-refractivity contribution in [2.45, 2.75) is 69.3 Å². The monoisotopic (exact) mass is 997 g/mol. The van der Waals surface area contributed by atoms with Crippen LogP contribution in [0.2, 0.25) is 5.02 Å². The fourth-order valence-corrected chi connectivity index (χ4v) is 12.4. The second kappa shape index (κ2) is 19.5. The van der Waals surface area contributed by atoms with Crippen molar-refractivity contribution in [3.8, 4) is 16.2 Å². The summed E-state index contributed by atoms with van der Waals surface area (Å²) in [5.74, 6) is -4.26. The number of hydrogen-bond acceptors (Lipinski definition) is 12. The van der Waals surface area contributed by atoms with Crippen molar-refractivity contribution < 1.29 is 47.3 Å². The summed E-state index contributed by atoms with van der Waals surface area (Å²) in [6.45, 7) is 3.23. The molecule has 69 heavy (non-hydrogen) atoms. The zero-order valence-corrected chi connectivity index (χ0v) is 40.0. The third kappa shape index (κ3) is 10.7. The first-order valence-corrected chi connectivity index (χ1v) is 24.6. The number of sulfonamides is 1. The van der Waals surface area contributed by atoms with Crippen molar-refractivity contribution in [3.05, 3.63) is 123 Å². The number of amides is 3. The number of fused-ring (bicyclic) bond motifs is 1. The van der Waals surface area contributed by atoms with E-state index >= 15 is 0 Å². The van der Waals surface area contributed by atoms with E-state index in [1.807, 2.05) is 44.2 Å². The fourth-order valence-electron chi connectivity index (χ4n) is 9.01. The number of hydrogen-bond donors (Lipinski definition) is 6. The number of aryl methyl sites for hydroxylation is 1. The molecule has 0 bridgehead atoms. The summed E-state index contributed by atoms with van der Waals surface area (Å²) < 4.78 is 37.7. The highest BCUT2D eigenvalue weighted by Crippen LogP contribution is 2.46. The van der Waals surface area contributed by atoms with Gasteiger partial charge in [-0.05, 0) is 104 Å². The third-order valence-electron chi connectivity index (χ3n) is 12.0. The van der Waals surface area contributed by atoms with Crippen LogP contribution >= 0.6 is 22.9 Å². The molecule has 4 aromatic carbocycles. The van der Waals surface area contributed by atoms with Gasteiger partial charge in [0.05, 0.1) is 28.1 Å². The number of aromatic carboxylic acids is 1. The number of imide groups is 1. The number of aromatic nitrogens is 2. The number of nitrogens with zero attached hydrogens (tertiary/aromatic N) is 3. The zero-order valence-electron chi connectivity index (χ0n) is 37.6. The second-order valence-corrected chi connectivity index (χ2v) is 20.9. The van der Waals surface area contributed by atoms with Gasteiger partial charge in [0.2, 0.25) is 27.7 Å². The van der Waals surface area contributed by atoms with Gasteiger partial charge in [0.25, 0.3) is 0 Å². The smallest absolute Gasteiger partial charge is 0.349 e. The Labute approximate surface area is 404 Å². The molecule has 4 heterocycles. The largest absolute Gasteiger partial charge is 0.479 e. The number of benzene rings is 4. The number of ether oxygens (including phenoxy) is 1. The minimum absolute atomic E-state index is 0.00772. The molecular weight excluding hydrogens is 950 g/mol. The number of nitrogens with one attached hydrogen (secondary N) is 4. The number of anilines is 4. The Morgan fingerprint density at radius 2 is 1.58 bits per heavy atom. The molecule has 0 saturated carbocycles. The molecule has 3 amide bonds. The van der Waals surface area contributed by atoms with Crippen molar-refractivity contribution in [3.63, 3.8) is 0 Å². The Kier molecular flexibility index (Phi) is 13.7. The van der Waals surface area contributed by atoms with E-state index in [4.69, 9.17) is 21.4 Å². The highest BCUT2D eigenvalue weighted by molar-refractivity contribution is 7.88. The molecule has 360 valence electrons. The molecule has 0 radical (unpaired) electrons. The van der Waals surface area contributed by atoms with E-state index in [9.17, 15) is 42.3 Å². The number of thiophene rings is 1. The molecule has 0 aliphatic carbocycles. The van der Waals surface area contributed by atoms with Crippen LogP contribution in [0.15, 0.2) is 95.8 Å². The molecule has 21 heteroatoms. The van der Waals surface area contributed by atoms with Gasteiger partial charge >= 0.3 is 17.6 Å². The number of aliphatic carboxylic acids is 1. The maximum absolute atomic E-state index is 14.0. The van der Waals surface area contributed by atoms with Crippen LogP contribution in [-0.2, 0) is 48.4 Å². The molecular formula is C48H48ClN7O11S2. The first-order chi connectivity index (χ1) is 32.8. The van der Waals surface area contributed by atoms with Crippen LogP contribution in [0.25, 0.3) is 21.5 Å². The van der Waals surface area contributed by atoms with Crippen molar-refractivity contribution >= 4 is 96.4 Å². The number of carboxylic acid groups (broad SMARTS) is 2. The van der Waals surface area contributed by atoms with E-state index in [0.717, 1.165) is 11.3 Å². The topological polar surface area (TPSA) is 247 Å². The number of imidazole rings is 1. The number of carbonyl (C=O) groups is 5. The summed E-state index contributed by atoms with van der Waals surface area (Å²) in [7, 11) is -2.21. The van der Waals surface area contributed by atoms with Crippen LogP contribution in [0.3, 0.4) is 0 Å². The minimum atomic E-state index is -3.83. The molecule has 2 aliphatic rings. The number of carbonyl (C=O) groups excluding carboxylic acids is 3. The Bertz CT molecular complexity index is 3220. The van der Waals surface area contributed by atoms with Crippen LogP contribution in [0, 0.1) is 0 Å². The molecule has 1 unspecified atom stereocenters. The summed E-state index contributed by atoms with van der Waals surface area (Å²) in [5.41, 5.74) is 4.31. The number of carboxylic acids is 2. The third-order valence-corrected chi connectivity index (χ3v) is 15.8. The van der Waals surface area contributed by atoms with E-state index in [2.05, 4.69) is 21.3 Å². The van der Waals surface area contributed by atoms with Gasteiger partial charge in [0.1, 0.15) is 11.1 Å². The Morgan fingerprint density at radius 3 is 2.30 bits per heavy atom. The average Bonchev–Trinajstić information content (AvgIpc) is 3.74. The van der Waals surface area contributed by atoms with E-state index in [0.29, 0.717) is 68.2 Å². The van der Waals surface area contributed by atoms with Crippen molar-refractivity contribution in [1.82, 2.24) is 18.8 Å². The van der Waals surface area contributed by atoms with Crippen LogP contribution in [0.4, 0.5) is 22.7 Å². The molecule has 2 fully saturated rings. The SMILES string of the molecule is Cn1c(=O)n(C2CCC(=O)NC2=O)c2ccc(Nc3cccc(CC(=O)Nc4cccc(CS(=O)(=O)N5CC[C@H](Nc6cccc(-c7sc(C(=O)O)c(OCC(=O)O)c7Cl)c6)CC5(C)C)c4)c3)cc21. The maximum atomic E-state index is 14.0. The van der Waals surface area contributed by atoms with Gasteiger partial charge in [-0.1, -0.05) is 48.0 Å². The lowest BCUT2D eigenvalue weighted by molar-refractivity contribution is -0.139. The molecule has 8 rings (SSSR count). The van der Waals surface area contributed by atoms with E-state index in [-0.39, 0.29) is 70.8 Å². The zero-order chi connectivity index (χ0) is 49.4. The minimum Gasteiger partial charge on any atom is -0.479 e. The fraction of sp³-hybridized carbons (Fsp3) is 0.292.